The van der Waals surface area contributed by atoms with Gasteiger partial charge in [-0.25, -0.2) is 9.59 Å². The van der Waals surface area contributed by atoms with Gasteiger partial charge >= 0.3 is 12.0 Å². The van der Waals surface area contributed by atoms with Crippen molar-refractivity contribution in [3.05, 3.63) is 57.8 Å². The van der Waals surface area contributed by atoms with Crippen LogP contribution in [-0.2, 0) is 14.3 Å². The Morgan fingerprint density at radius 2 is 1.97 bits per heavy atom. The van der Waals surface area contributed by atoms with Crippen LogP contribution < -0.4 is 16.1 Å². The maximum Gasteiger partial charge on any atom is 0.338 e. The molecule has 3 aromatic rings. The van der Waals surface area contributed by atoms with Gasteiger partial charge in [-0.1, -0.05) is 0 Å². The fraction of sp³-hybridized carbons (Fsp3) is 0.250. The molecule has 150 valence electrons. The van der Waals surface area contributed by atoms with Crippen LogP contribution in [0.3, 0.4) is 0 Å². The largest absolute Gasteiger partial charge is 0.464 e. The highest BCUT2D eigenvalue weighted by molar-refractivity contribution is 6.02. The molecule has 1 aliphatic rings. The molecule has 2 amide bonds. The van der Waals surface area contributed by atoms with Crippen molar-refractivity contribution in [1.29, 1.82) is 0 Å². The Balaban J connectivity index is 1.81. The first-order valence-electron chi connectivity index (χ1n) is 8.87. The molecule has 1 atom stereocenters. The lowest BCUT2D eigenvalue weighted by atomic mass is 9.95. The van der Waals surface area contributed by atoms with Crippen molar-refractivity contribution in [3.8, 4) is 0 Å². The SMILES string of the molecule is COCCOC(=O)C1=C(C)NC(=O)NC1c1coc2c(ccc3occc32)c1=O. The summed E-state index contributed by atoms with van der Waals surface area (Å²) in [5, 5.41) is 6.11. The third kappa shape index (κ3) is 3.25. The number of fused-ring (bicyclic) bond motifs is 3. The minimum absolute atomic E-state index is 0.0393. The molecule has 1 aromatic carbocycles. The van der Waals surface area contributed by atoms with Gasteiger partial charge in [0.05, 0.1) is 40.8 Å². The quantitative estimate of drug-likeness (QED) is 0.500. The van der Waals surface area contributed by atoms with Gasteiger partial charge in [0.1, 0.15) is 24.0 Å². The molecule has 0 spiro atoms. The van der Waals surface area contributed by atoms with Crippen LogP contribution in [0, 0.1) is 0 Å². The number of nitrogens with one attached hydrogen (secondary N) is 2. The van der Waals surface area contributed by atoms with Crippen LogP contribution in [0.4, 0.5) is 4.79 Å². The summed E-state index contributed by atoms with van der Waals surface area (Å²) in [6.07, 6.45) is 2.76. The molecule has 2 N–H and O–H groups in total. The molecule has 0 radical (unpaired) electrons. The molecule has 2 aromatic heterocycles. The zero-order valence-electron chi connectivity index (χ0n) is 15.7. The van der Waals surface area contributed by atoms with E-state index >= 15 is 0 Å². The second kappa shape index (κ2) is 7.44. The van der Waals surface area contributed by atoms with Crippen LogP contribution in [0.5, 0.6) is 0 Å². The van der Waals surface area contributed by atoms with E-state index in [1.165, 1.54) is 19.6 Å². The Morgan fingerprint density at radius 3 is 2.76 bits per heavy atom. The highest BCUT2D eigenvalue weighted by Gasteiger charge is 2.34. The highest BCUT2D eigenvalue weighted by atomic mass is 16.6. The van der Waals surface area contributed by atoms with Gasteiger partial charge in [0, 0.05) is 12.8 Å². The molecule has 1 aliphatic heterocycles. The Hall–Kier alpha value is -3.59. The standard InChI is InChI=1S/C20H18N2O7/c1-10-15(19(24)28-8-7-26-2)16(22-20(25)21-10)13-9-29-18-11-5-6-27-14(11)4-3-12(18)17(13)23/h3-6,9,16H,7-8H2,1-2H3,(H2,21,22,25). The van der Waals surface area contributed by atoms with Gasteiger partial charge in [0.2, 0.25) is 0 Å². The fourth-order valence-electron chi connectivity index (χ4n) is 3.35. The summed E-state index contributed by atoms with van der Waals surface area (Å²) in [6, 6.07) is 3.41. The highest BCUT2D eigenvalue weighted by Crippen LogP contribution is 2.29. The van der Waals surface area contributed by atoms with Crippen molar-refractivity contribution in [2.24, 2.45) is 0 Å². The summed E-state index contributed by atoms with van der Waals surface area (Å²) in [7, 11) is 1.49. The number of urea groups is 1. The lowest BCUT2D eigenvalue weighted by molar-refractivity contribution is -0.140. The molecule has 0 bridgehead atoms. The molecule has 9 nitrogen and oxygen atoms in total. The molecule has 0 aliphatic carbocycles. The number of furan rings is 1. The Kier molecular flexibility index (Phi) is 4.81. The maximum atomic E-state index is 13.2. The number of ether oxygens (including phenoxy) is 2. The number of methoxy groups -OCH3 is 1. The summed E-state index contributed by atoms with van der Waals surface area (Å²) in [5.74, 6) is -0.665. The first-order valence-corrected chi connectivity index (χ1v) is 8.87. The number of rotatable bonds is 5. The first-order chi connectivity index (χ1) is 14.0. The summed E-state index contributed by atoms with van der Waals surface area (Å²) in [5.41, 5.74) is 1.13. The summed E-state index contributed by atoms with van der Waals surface area (Å²) in [6.45, 7) is 1.83. The summed E-state index contributed by atoms with van der Waals surface area (Å²) in [4.78, 5) is 37.8. The van der Waals surface area contributed by atoms with Gasteiger partial charge in [-0.3, -0.25) is 4.79 Å². The van der Waals surface area contributed by atoms with Gasteiger partial charge in [-0.05, 0) is 25.1 Å². The van der Waals surface area contributed by atoms with E-state index in [1.54, 1.807) is 25.1 Å². The van der Waals surface area contributed by atoms with E-state index in [-0.39, 0.29) is 29.8 Å². The molecule has 9 heteroatoms. The van der Waals surface area contributed by atoms with E-state index < -0.39 is 18.0 Å². The number of carbonyl (C=O) groups is 2. The molecule has 3 heterocycles. The summed E-state index contributed by atoms with van der Waals surface area (Å²) >= 11 is 0. The van der Waals surface area contributed by atoms with E-state index in [1.807, 2.05) is 0 Å². The van der Waals surface area contributed by atoms with Gasteiger partial charge in [-0.15, -0.1) is 0 Å². The normalized spacial score (nSPS) is 16.8. The van der Waals surface area contributed by atoms with Crippen molar-refractivity contribution < 1.29 is 27.9 Å². The zero-order chi connectivity index (χ0) is 20.5. The predicted octanol–water partition coefficient (Wildman–Crippen LogP) is 2.36. The molecule has 1 unspecified atom stereocenters. The van der Waals surface area contributed by atoms with E-state index in [2.05, 4.69) is 10.6 Å². The van der Waals surface area contributed by atoms with Crippen molar-refractivity contribution in [3.63, 3.8) is 0 Å². The second-order valence-electron chi connectivity index (χ2n) is 6.49. The molecule has 4 rings (SSSR count). The van der Waals surface area contributed by atoms with E-state index in [4.69, 9.17) is 18.3 Å². The molecular formula is C20H18N2O7. The molecule has 0 fully saturated rings. The third-order valence-electron chi connectivity index (χ3n) is 4.72. The van der Waals surface area contributed by atoms with Gasteiger partial charge in [0.15, 0.2) is 5.43 Å². The van der Waals surface area contributed by atoms with Crippen molar-refractivity contribution >= 4 is 33.9 Å². The van der Waals surface area contributed by atoms with Crippen LogP contribution in [0.15, 0.2) is 55.6 Å². The number of hydrogen-bond acceptors (Lipinski definition) is 7. The Labute approximate surface area is 164 Å². The van der Waals surface area contributed by atoms with Crippen LogP contribution in [0.1, 0.15) is 18.5 Å². The van der Waals surface area contributed by atoms with Gasteiger partial charge < -0.3 is 28.9 Å². The number of amides is 2. The summed E-state index contributed by atoms with van der Waals surface area (Å²) < 4.78 is 21.1. The van der Waals surface area contributed by atoms with Crippen molar-refractivity contribution in [2.75, 3.05) is 20.3 Å². The molecule has 0 saturated carbocycles. The van der Waals surface area contributed by atoms with Crippen LogP contribution in [0.25, 0.3) is 21.9 Å². The number of esters is 1. The first kappa shape index (κ1) is 18.8. The number of carbonyl (C=O) groups excluding carboxylic acids is 2. The van der Waals surface area contributed by atoms with E-state index in [0.29, 0.717) is 27.6 Å². The van der Waals surface area contributed by atoms with Crippen LogP contribution in [0.2, 0.25) is 0 Å². The monoisotopic (exact) mass is 398 g/mol. The van der Waals surface area contributed by atoms with Gasteiger partial charge in [0.25, 0.3) is 0 Å². The smallest absolute Gasteiger partial charge is 0.338 e. The number of allylic oxidation sites excluding steroid dienone is 1. The van der Waals surface area contributed by atoms with E-state index in [0.717, 1.165) is 0 Å². The average molecular weight is 398 g/mol. The van der Waals surface area contributed by atoms with E-state index in [9.17, 15) is 14.4 Å². The molecule has 29 heavy (non-hydrogen) atoms. The lowest BCUT2D eigenvalue weighted by Gasteiger charge is -2.27. The van der Waals surface area contributed by atoms with Crippen LogP contribution >= 0.6 is 0 Å². The number of benzene rings is 1. The van der Waals surface area contributed by atoms with Crippen LogP contribution in [-0.4, -0.2) is 32.3 Å². The fourth-order valence-corrected chi connectivity index (χ4v) is 3.35. The average Bonchev–Trinajstić information content (AvgIpc) is 3.17. The van der Waals surface area contributed by atoms with Gasteiger partial charge in [-0.2, -0.15) is 0 Å². The maximum absolute atomic E-state index is 13.2. The second-order valence-corrected chi connectivity index (χ2v) is 6.49. The Bertz CT molecular complexity index is 1200. The Morgan fingerprint density at radius 1 is 1.14 bits per heavy atom. The van der Waals surface area contributed by atoms with Crippen molar-refractivity contribution in [1.82, 2.24) is 10.6 Å². The zero-order valence-corrected chi connectivity index (χ0v) is 15.7. The lowest BCUT2D eigenvalue weighted by Crippen LogP contribution is -2.46. The molecular weight excluding hydrogens is 380 g/mol. The topological polar surface area (TPSA) is 120 Å². The minimum atomic E-state index is -1.01. The van der Waals surface area contributed by atoms with Crippen molar-refractivity contribution in [2.45, 2.75) is 13.0 Å². The third-order valence-corrected chi connectivity index (χ3v) is 4.72. The number of hydrogen-bond donors (Lipinski definition) is 2. The molecule has 0 saturated heterocycles. The minimum Gasteiger partial charge on any atom is -0.464 e. The predicted molar refractivity (Wildman–Crippen MR) is 102 cm³/mol.